The third-order valence-electron chi connectivity index (χ3n) is 8.65. The van der Waals surface area contributed by atoms with E-state index in [9.17, 15) is 15.0 Å². The monoisotopic (exact) mass is 318 g/mol. The van der Waals surface area contributed by atoms with Crippen LogP contribution in [0.1, 0.15) is 71.6 Å². The normalized spacial score (nSPS) is 55.2. The molecule has 4 rings (SSSR count). The molecule has 0 amide bonds. The number of hydrogen-bond donors (Lipinski definition) is 2. The van der Waals surface area contributed by atoms with Crippen molar-refractivity contribution in [3.05, 3.63) is 12.2 Å². The topological polar surface area (TPSA) is 57.5 Å². The van der Waals surface area contributed by atoms with Gasteiger partial charge in [-0.05, 0) is 86.5 Å². The summed E-state index contributed by atoms with van der Waals surface area (Å²) < 4.78 is 0. The molecule has 3 nitrogen and oxygen atoms in total. The van der Waals surface area contributed by atoms with Crippen molar-refractivity contribution in [2.45, 2.75) is 77.2 Å². The van der Waals surface area contributed by atoms with Crippen LogP contribution in [0.2, 0.25) is 0 Å². The minimum Gasteiger partial charge on any atom is -0.481 e. The number of hydrogen-bond acceptors (Lipinski definition) is 2. The highest BCUT2D eigenvalue weighted by Gasteiger charge is 2.67. The van der Waals surface area contributed by atoms with E-state index in [4.69, 9.17) is 0 Å². The lowest BCUT2D eigenvalue weighted by Gasteiger charge is -2.63. The first-order valence-electron chi connectivity index (χ1n) is 9.30. The molecule has 0 heterocycles. The minimum absolute atomic E-state index is 0.107. The van der Waals surface area contributed by atoms with E-state index < -0.39 is 17.0 Å². The second kappa shape index (κ2) is 4.41. The van der Waals surface area contributed by atoms with Gasteiger partial charge in [0.05, 0.1) is 11.0 Å². The lowest BCUT2D eigenvalue weighted by Crippen LogP contribution is -2.59. The number of rotatable bonds is 1. The van der Waals surface area contributed by atoms with Crippen LogP contribution in [0.5, 0.6) is 0 Å². The Kier molecular flexibility index (Phi) is 3.01. The van der Waals surface area contributed by atoms with E-state index in [-0.39, 0.29) is 16.7 Å². The summed E-state index contributed by atoms with van der Waals surface area (Å²) in [6.45, 7) is 8.55. The zero-order valence-electron chi connectivity index (χ0n) is 14.5. The van der Waals surface area contributed by atoms with Gasteiger partial charge < -0.3 is 10.2 Å². The first-order valence-corrected chi connectivity index (χ1v) is 9.30. The molecular weight excluding hydrogens is 288 g/mol. The molecule has 0 aromatic rings. The zero-order chi connectivity index (χ0) is 16.7. The number of carboxylic acids is 1. The number of carboxylic acid groups (broad SMARTS) is 1. The van der Waals surface area contributed by atoms with E-state index >= 15 is 0 Å². The van der Waals surface area contributed by atoms with Gasteiger partial charge in [0.1, 0.15) is 0 Å². The molecule has 0 aromatic carbocycles. The summed E-state index contributed by atoms with van der Waals surface area (Å²) >= 11 is 0. The molecule has 1 spiro atoms. The highest BCUT2D eigenvalue weighted by molar-refractivity contribution is 5.75. The molecule has 4 aliphatic carbocycles. The molecule has 0 aromatic heterocycles. The molecule has 2 bridgehead atoms. The number of fused-ring (bicyclic) bond motifs is 3. The van der Waals surface area contributed by atoms with E-state index in [2.05, 4.69) is 13.5 Å². The molecule has 4 saturated carbocycles. The van der Waals surface area contributed by atoms with Crippen LogP contribution >= 0.6 is 0 Å². The molecule has 0 aliphatic heterocycles. The van der Waals surface area contributed by atoms with Crippen molar-refractivity contribution in [1.82, 2.24) is 0 Å². The first kappa shape index (κ1) is 15.7. The Bertz CT molecular complexity index is 583. The Morgan fingerprint density at radius 3 is 2.52 bits per heavy atom. The van der Waals surface area contributed by atoms with Crippen LogP contribution in [0.15, 0.2) is 12.2 Å². The van der Waals surface area contributed by atoms with Gasteiger partial charge in [-0.1, -0.05) is 19.9 Å². The number of aliphatic hydroxyl groups is 1. The third kappa shape index (κ3) is 1.78. The molecule has 0 radical (unpaired) electrons. The van der Waals surface area contributed by atoms with Crippen molar-refractivity contribution < 1.29 is 15.0 Å². The molecule has 4 fully saturated rings. The summed E-state index contributed by atoms with van der Waals surface area (Å²) in [7, 11) is 0. The van der Waals surface area contributed by atoms with Gasteiger partial charge in [0.15, 0.2) is 0 Å². The molecule has 2 N–H and O–H groups in total. The van der Waals surface area contributed by atoms with Crippen LogP contribution in [0, 0.1) is 28.1 Å². The predicted molar refractivity (Wildman–Crippen MR) is 88.9 cm³/mol. The van der Waals surface area contributed by atoms with Crippen LogP contribution in [0.4, 0.5) is 0 Å². The molecule has 23 heavy (non-hydrogen) atoms. The Hall–Kier alpha value is -0.830. The van der Waals surface area contributed by atoms with Gasteiger partial charge in [-0.3, -0.25) is 4.79 Å². The van der Waals surface area contributed by atoms with Crippen molar-refractivity contribution in [3.8, 4) is 0 Å². The average Bonchev–Trinajstić information content (AvgIpc) is 2.63. The van der Waals surface area contributed by atoms with E-state index in [0.717, 1.165) is 63.4 Å². The molecule has 128 valence electrons. The zero-order valence-corrected chi connectivity index (χ0v) is 14.5. The van der Waals surface area contributed by atoms with Crippen molar-refractivity contribution in [1.29, 1.82) is 0 Å². The molecular formula is C20H30O3. The molecule has 4 aliphatic rings. The Balaban J connectivity index is 1.76. The highest BCUT2D eigenvalue weighted by Crippen LogP contribution is 2.72. The van der Waals surface area contributed by atoms with E-state index in [1.165, 1.54) is 0 Å². The summed E-state index contributed by atoms with van der Waals surface area (Å²) in [5, 5.41) is 20.8. The molecule has 0 saturated heterocycles. The first-order chi connectivity index (χ1) is 10.7. The Labute approximate surface area is 139 Å². The van der Waals surface area contributed by atoms with Gasteiger partial charge in [0, 0.05) is 0 Å². The largest absolute Gasteiger partial charge is 0.481 e. The van der Waals surface area contributed by atoms with E-state index in [1.54, 1.807) is 0 Å². The van der Waals surface area contributed by atoms with Crippen LogP contribution < -0.4 is 0 Å². The number of carbonyl (C=O) groups is 1. The van der Waals surface area contributed by atoms with Crippen molar-refractivity contribution in [3.63, 3.8) is 0 Å². The predicted octanol–water partition coefficient (Wildman–Crippen LogP) is 4.16. The van der Waals surface area contributed by atoms with Crippen LogP contribution in [0.3, 0.4) is 0 Å². The van der Waals surface area contributed by atoms with Crippen LogP contribution in [0.25, 0.3) is 0 Å². The lowest BCUT2D eigenvalue weighted by atomic mass is 9.41. The van der Waals surface area contributed by atoms with Gasteiger partial charge in [0.25, 0.3) is 0 Å². The van der Waals surface area contributed by atoms with Gasteiger partial charge in [0.2, 0.25) is 0 Å². The Morgan fingerprint density at radius 2 is 1.83 bits per heavy atom. The van der Waals surface area contributed by atoms with Gasteiger partial charge in [-0.25, -0.2) is 0 Å². The summed E-state index contributed by atoms with van der Waals surface area (Å²) in [6, 6.07) is 0. The smallest absolute Gasteiger partial charge is 0.309 e. The third-order valence-corrected chi connectivity index (χ3v) is 8.65. The van der Waals surface area contributed by atoms with E-state index in [1.807, 2.05) is 6.92 Å². The van der Waals surface area contributed by atoms with Gasteiger partial charge >= 0.3 is 5.97 Å². The second-order valence-electron chi connectivity index (χ2n) is 9.62. The molecule has 6 atom stereocenters. The van der Waals surface area contributed by atoms with Gasteiger partial charge in [-0.15, -0.1) is 0 Å². The van der Waals surface area contributed by atoms with Gasteiger partial charge in [-0.2, -0.15) is 0 Å². The van der Waals surface area contributed by atoms with Crippen molar-refractivity contribution in [2.24, 2.45) is 28.1 Å². The number of aliphatic carboxylic acids is 1. The fourth-order valence-corrected chi connectivity index (χ4v) is 7.61. The van der Waals surface area contributed by atoms with Crippen molar-refractivity contribution >= 4 is 5.97 Å². The quantitative estimate of drug-likeness (QED) is 0.714. The SMILES string of the molecule is C=C1C[C@]23CC[C@@H]4[C@](C)(CCC[C@@]4(C)C(=O)O)[C@H]2CC[C@@]1(O)C3. The fourth-order valence-electron chi connectivity index (χ4n) is 7.61. The lowest BCUT2D eigenvalue weighted by molar-refractivity contribution is -0.186. The summed E-state index contributed by atoms with van der Waals surface area (Å²) in [5.41, 5.74) is 0.128. The second-order valence-corrected chi connectivity index (χ2v) is 9.62. The minimum atomic E-state index is -0.634. The highest BCUT2D eigenvalue weighted by atomic mass is 16.4. The standard InChI is InChI=1S/C20H30O3/c1-13-11-19-9-5-14-17(2,7-4-8-18(14,3)16(21)22)15(19)6-10-20(13,23)12-19/h14-15,23H,1,4-12H2,2-3H3,(H,21,22)/t14-,15-,17+,18-,19+,20-/m1/s1. The fraction of sp³-hybridized carbons (Fsp3) is 0.850. The Morgan fingerprint density at radius 1 is 1.13 bits per heavy atom. The summed E-state index contributed by atoms with van der Waals surface area (Å²) in [4.78, 5) is 12.0. The maximum absolute atomic E-state index is 12.0. The summed E-state index contributed by atoms with van der Waals surface area (Å²) in [6.07, 6.45) is 8.75. The molecule has 0 unspecified atom stereocenters. The van der Waals surface area contributed by atoms with Crippen LogP contribution in [-0.4, -0.2) is 21.8 Å². The van der Waals surface area contributed by atoms with Crippen molar-refractivity contribution in [2.75, 3.05) is 0 Å². The van der Waals surface area contributed by atoms with E-state index in [0.29, 0.717) is 5.92 Å². The average molecular weight is 318 g/mol. The maximum atomic E-state index is 12.0. The maximum Gasteiger partial charge on any atom is 0.309 e. The van der Waals surface area contributed by atoms with Crippen LogP contribution in [-0.2, 0) is 4.79 Å². The molecule has 3 heteroatoms. The summed E-state index contributed by atoms with van der Waals surface area (Å²) in [5.74, 6) is 0.219.